The number of likely N-dealkylation sites (N-methyl/N-ethyl adjacent to an activating group) is 1. The Morgan fingerprint density at radius 3 is 2.54 bits per heavy atom. The van der Waals surface area contributed by atoms with Crippen LogP contribution < -0.4 is 20.1 Å². The third-order valence-electron chi connectivity index (χ3n) is 5.45. The number of carbonyl (C=O) groups is 1. The first kappa shape index (κ1) is 20.2. The lowest BCUT2D eigenvalue weighted by molar-refractivity contribution is -0.123. The fourth-order valence-corrected chi connectivity index (χ4v) is 3.74. The van der Waals surface area contributed by atoms with Crippen molar-refractivity contribution in [3.8, 4) is 11.5 Å². The summed E-state index contributed by atoms with van der Waals surface area (Å²) >= 11 is 0. The predicted molar refractivity (Wildman–Crippen MR) is 111 cm³/mol. The summed E-state index contributed by atoms with van der Waals surface area (Å²) in [6.45, 7) is 4.19. The minimum absolute atomic E-state index is 0.0125. The molecule has 0 saturated heterocycles. The standard InChI is InChI=1S/C23H30N2O3/c1-3-25-22(26)16-28-20-11-10-18(14-21(20)27-2)15-24-17-23(12-7-13-23)19-8-5-4-6-9-19/h4-6,8-11,14,24H,3,7,12-13,15-17H2,1-2H3,(H,25,26). The summed E-state index contributed by atoms with van der Waals surface area (Å²) in [7, 11) is 1.62. The van der Waals surface area contributed by atoms with Crippen molar-refractivity contribution in [1.29, 1.82) is 0 Å². The summed E-state index contributed by atoms with van der Waals surface area (Å²) in [6, 6.07) is 16.7. The van der Waals surface area contributed by atoms with Gasteiger partial charge in [-0.2, -0.15) is 0 Å². The zero-order valence-corrected chi connectivity index (χ0v) is 16.8. The number of carbonyl (C=O) groups excluding carboxylic acids is 1. The SMILES string of the molecule is CCNC(=O)COc1ccc(CNCC2(c3ccccc3)CCC2)cc1OC. The van der Waals surface area contributed by atoms with Crippen molar-refractivity contribution < 1.29 is 14.3 Å². The number of benzene rings is 2. The first-order valence-corrected chi connectivity index (χ1v) is 9.99. The van der Waals surface area contributed by atoms with E-state index < -0.39 is 0 Å². The summed E-state index contributed by atoms with van der Waals surface area (Å²) in [5, 5.41) is 6.34. The van der Waals surface area contributed by atoms with E-state index in [0.29, 0.717) is 18.0 Å². The second-order valence-electron chi connectivity index (χ2n) is 7.33. The smallest absolute Gasteiger partial charge is 0.257 e. The molecule has 0 radical (unpaired) electrons. The zero-order chi connectivity index (χ0) is 19.8. The summed E-state index contributed by atoms with van der Waals surface area (Å²) in [5.74, 6) is 1.09. The van der Waals surface area contributed by atoms with Crippen LogP contribution in [0.15, 0.2) is 48.5 Å². The third kappa shape index (κ3) is 4.84. The lowest BCUT2D eigenvalue weighted by atomic mass is 9.64. The molecular weight excluding hydrogens is 352 g/mol. The van der Waals surface area contributed by atoms with Gasteiger partial charge in [-0.3, -0.25) is 4.79 Å². The molecule has 5 nitrogen and oxygen atoms in total. The fraction of sp³-hybridized carbons (Fsp3) is 0.435. The molecule has 0 unspecified atom stereocenters. The number of amides is 1. The van der Waals surface area contributed by atoms with E-state index in [9.17, 15) is 4.79 Å². The van der Waals surface area contributed by atoms with E-state index in [1.165, 1.54) is 24.8 Å². The van der Waals surface area contributed by atoms with Crippen LogP contribution in [-0.4, -0.2) is 32.7 Å². The summed E-state index contributed by atoms with van der Waals surface area (Å²) in [4.78, 5) is 11.6. The molecule has 0 spiro atoms. The Labute approximate surface area is 167 Å². The van der Waals surface area contributed by atoms with Gasteiger partial charge in [-0.1, -0.05) is 42.8 Å². The summed E-state index contributed by atoms with van der Waals surface area (Å²) in [5.41, 5.74) is 2.83. The highest BCUT2D eigenvalue weighted by Crippen LogP contribution is 2.43. The molecule has 1 aliphatic rings. The molecule has 2 N–H and O–H groups in total. The molecule has 2 aromatic rings. The molecule has 150 valence electrons. The van der Waals surface area contributed by atoms with Crippen molar-refractivity contribution in [2.45, 2.75) is 38.1 Å². The number of methoxy groups -OCH3 is 1. The van der Waals surface area contributed by atoms with Crippen LogP contribution in [0.1, 0.15) is 37.3 Å². The number of hydrogen-bond acceptors (Lipinski definition) is 4. The molecule has 1 saturated carbocycles. The minimum Gasteiger partial charge on any atom is -0.493 e. The Balaban J connectivity index is 1.56. The molecule has 5 heteroatoms. The molecule has 3 rings (SSSR count). The van der Waals surface area contributed by atoms with Crippen LogP contribution in [0.2, 0.25) is 0 Å². The highest BCUT2D eigenvalue weighted by molar-refractivity contribution is 5.77. The van der Waals surface area contributed by atoms with E-state index in [-0.39, 0.29) is 17.9 Å². The van der Waals surface area contributed by atoms with Crippen molar-refractivity contribution >= 4 is 5.91 Å². The minimum atomic E-state index is -0.137. The Kier molecular flexibility index (Phi) is 6.93. The third-order valence-corrected chi connectivity index (χ3v) is 5.45. The van der Waals surface area contributed by atoms with Crippen LogP contribution in [-0.2, 0) is 16.8 Å². The van der Waals surface area contributed by atoms with Crippen molar-refractivity contribution in [1.82, 2.24) is 10.6 Å². The Bertz CT molecular complexity index is 773. The van der Waals surface area contributed by atoms with Gasteiger partial charge in [0.1, 0.15) is 0 Å². The van der Waals surface area contributed by atoms with Gasteiger partial charge in [0.15, 0.2) is 18.1 Å². The molecule has 2 aromatic carbocycles. The van der Waals surface area contributed by atoms with Gasteiger partial charge < -0.3 is 20.1 Å². The van der Waals surface area contributed by atoms with E-state index in [2.05, 4.69) is 41.0 Å². The molecule has 1 amide bonds. The molecule has 0 heterocycles. The maximum Gasteiger partial charge on any atom is 0.257 e. The zero-order valence-electron chi connectivity index (χ0n) is 16.8. The monoisotopic (exact) mass is 382 g/mol. The maximum absolute atomic E-state index is 11.6. The van der Waals surface area contributed by atoms with Crippen molar-refractivity contribution in [2.75, 3.05) is 26.8 Å². The fourth-order valence-electron chi connectivity index (χ4n) is 3.74. The Hall–Kier alpha value is -2.53. The van der Waals surface area contributed by atoms with Gasteiger partial charge in [-0.05, 0) is 43.0 Å². The van der Waals surface area contributed by atoms with Crippen LogP contribution in [0, 0.1) is 0 Å². The van der Waals surface area contributed by atoms with Crippen LogP contribution in [0.5, 0.6) is 11.5 Å². The first-order chi connectivity index (χ1) is 13.7. The molecule has 0 atom stereocenters. The van der Waals surface area contributed by atoms with Gasteiger partial charge in [0.25, 0.3) is 5.91 Å². The van der Waals surface area contributed by atoms with E-state index in [4.69, 9.17) is 9.47 Å². The van der Waals surface area contributed by atoms with Gasteiger partial charge in [-0.15, -0.1) is 0 Å². The van der Waals surface area contributed by atoms with Gasteiger partial charge in [-0.25, -0.2) is 0 Å². The number of rotatable bonds is 10. The van der Waals surface area contributed by atoms with Crippen LogP contribution in [0.4, 0.5) is 0 Å². The largest absolute Gasteiger partial charge is 0.493 e. The summed E-state index contributed by atoms with van der Waals surface area (Å²) < 4.78 is 11.0. The predicted octanol–water partition coefficient (Wildman–Crippen LogP) is 3.42. The summed E-state index contributed by atoms with van der Waals surface area (Å²) in [6.07, 6.45) is 3.77. The van der Waals surface area contributed by atoms with E-state index >= 15 is 0 Å². The Morgan fingerprint density at radius 1 is 1.11 bits per heavy atom. The second-order valence-corrected chi connectivity index (χ2v) is 7.33. The second kappa shape index (κ2) is 9.60. The van der Waals surface area contributed by atoms with Crippen LogP contribution in [0.3, 0.4) is 0 Å². The topological polar surface area (TPSA) is 59.6 Å². The highest BCUT2D eigenvalue weighted by Gasteiger charge is 2.37. The van der Waals surface area contributed by atoms with Crippen molar-refractivity contribution in [3.63, 3.8) is 0 Å². The molecular formula is C23H30N2O3. The first-order valence-electron chi connectivity index (χ1n) is 9.99. The maximum atomic E-state index is 11.6. The number of ether oxygens (including phenoxy) is 2. The molecule has 0 aliphatic heterocycles. The van der Waals surface area contributed by atoms with E-state index in [1.54, 1.807) is 7.11 Å². The van der Waals surface area contributed by atoms with Gasteiger partial charge in [0.05, 0.1) is 7.11 Å². The van der Waals surface area contributed by atoms with Crippen molar-refractivity contribution in [3.05, 3.63) is 59.7 Å². The van der Waals surface area contributed by atoms with Crippen LogP contribution in [0.25, 0.3) is 0 Å². The van der Waals surface area contributed by atoms with Gasteiger partial charge >= 0.3 is 0 Å². The van der Waals surface area contributed by atoms with Gasteiger partial charge in [0.2, 0.25) is 0 Å². The quantitative estimate of drug-likeness (QED) is 0.661. The lowest BCUT2D eigenvalue weighted by Crippen LogP contribution is -2.43. The average molecular weight is 383 g/mol. The van der Waals surface area contributed by atoms with Crippen molar-refractivity contribution in [2.24, 2.45) is 0 Å². The number of nitrogens with one attached hydrogen (secondary N) is 2. The molecule has 1 aliphatic carbocycles. The Morgan fingerprint density at radius 2 is 1.89 bits per heavy atom. The van der Waals surface area contributed by atoms with Gasteiger partial charge in [0, 0.05) is 25.0 Å². The van der Waals surface area contributed by atoms with E-state index in [1.807, 2.05) is 25.1 Å². The number of hydrogen-bond donors (Lipinski definition) is 2. The molecule has 1 fully saturated rings. The van der Waals surface area contributed by atoms with E-state index in [0.717, 1.165) is 18.7 Å². The highest BCUT2D eigenvalue weighted by atomic mass is 16.5. The van der Waals surface area contributed by atoms with Crippen LogP contribution >= 0.6 is 0 Å². The normalized spacial score (nSPS) is 14.8. The molecule has 0 aromatic heterocycles. The average Bonchev–Trinajstić information content (AvgIpc) is 2.69. The lowest BCUT2D eigenvalue weighted by Gasteiger charge is -2.43. The molecule has 0 bridgehead atoms. The molecule has 28 heavy (non-hydrogen) atoms.